The van der Waals surface area contributed by atoms with Gasteiger partial charge in [-0.2, -0.15) is 0 Å². The molecule has 0 saturated heterocycles. The van der Waals surface area contributed by atoms with E-state index in [4.69, 9.17) is 4.74 Å². The van der Waals surface area contributed by atoms with E-state index in [1.807, 2.05) is 48.5 Å². The minimum absolute atomic E-state index is 0.208. The van der Waals surface area contributed by atoms with Crippen LogP contribution in [-0.4, -0.2) is 35.9 Å². The molecule has 1 aromatic heterocycles. The maximum atomic E-state index is 13.1. The first-order valence-corrected chi connectivity index (χ1v) is 8.53. The maximum absolute atomic E-state index is 13.1. The first kappa shape index (κ1) is 18.3. The Morgan fingerprint density at radius 1 is 0.926 bits per heavy atom. The van der Waals surface area contributed by atoms with Gasteiger partial charge >= 0.3 is 5.97 Å². The molecule has 27 heavy (non-hydrogen) atoms. The van der Waals surface area contributed by atoms with Gasteiger partial charge in [0.1, 0.15) is 0 Å². The average Bonchev–Trinajstić information content (AvgIpc) is 2.74. The summed E-state index contributed by atoms with van der Waals surface area (Å²) in [5, 5.41) is 0. The number of nitrogens with zero attached hydrogens (tertiary/aromatic N) is 2. The van der Waals surface area contributed by atoms with Gasteiger partial charge in [0.25, 0.3) is 5.91 Å². The van der Waals surface area contributed by atoms with E-state index in [9.17, 15) is 9.59 Å². The molecule has 0 radical (unpaired) electrons. The smallest absolute Gasteiger partial charge is 0.337 e. The third-order valence-electron chi connectivity index (χ3n) is 4.32. The Hall–Kier alpha value is -3.47. The van der Waals surface area contributed by atoms with Crippen LogP contribution in [0.2, 0.25) is 0 Å². The van der Waals surface area contributed by atoms with Crippen molar-refractivity contribution in [3.63, 3.8) is 0 Å². The van der Waals surface area contributed by atoms with E-state index in [1.54, 1.807) is 42.4 Å². The molecular weight excluding hydrogens is 340 g/mol. The molecule has 2 aromatic carbocycles. The highest BCUT2D eigenvalue weighted by Crippen LogP contribution is 2.27. The van der Waals surface area contributed by atoms with E-state index in [0.717, 1.165) is 11.3 Å². The zero-order valence-electron chi connectivity index (χ0n) is 15.2. The SMILES string of the molecule is COC(=O)c1cccc(C(=O)N(C)[C@@H](c2ccccc2)c2ccccn2)c1. The number of pyridine rings is 1. The second-order valence-electron chi connectivity index (χ2n) is 6.06. The molecule has 0 spiro atoms. The molecule has 0 fully saturated rings. The van der Waals surface area contributed by atoms with E-state index in [-0.39, 0.29) is 11.9 Å². The first-order chi connectivity index (χ1) is 13.1. The highest BCUT2D eigenvalue weighted by molar-refractivity contribution is 5.98. The third kappa shape index (κ3) is 4.03. The van der Waals surface area contributed by atoms with Crippen LogP contribution in [-0.2, 0) is 4.74 Å². The fourth-order valence-electron chi connectivity index (χ4n) is 2.98. The zero-order valence-corrected chi connectivity index (χ0v) is 15.2. The standard InChI is InChI=1S/C22H20N2O3/c1-24(21(25)17-11-8-12-18(15-17)22(26)27-2)20(16-9-4-3-5-10-16)19-13-6-7-14-23-19/h3-15,20H,1-2H3/t20-/m0/s1. The van der Waals surface area contributed by atoms with Crippen LogP contribution >= 0.6 is 0 Å². The van der Waals surface area contributed by atoms with Crippen molar-refractivity contribution in [1.29, 1.82) is 0 Å². The molecule has 0 aliphatic rings. The summed E-state index contributed by atoms with van der Waals surface area (Å²) in [6, 6.07) is 21.5. The Bertz CT molecular complexity index is 887. The van der Waals surface area contributed by atoms with E-state index in [0.29, 0.717) is 11.1 Å². The molecule has 0 saturated carbocycles. The Kier molecular flexibility index (Phi) is 5.61. The molecule has 3 aromatic rings. The molecule has 5 heteroatoms. The van der Waals surface area contributed by atoms with Crippen LogP contribution in [0.4, 0.5) is 0 Å². The van der Waals surface area contributed by atoms with E-state index >= 15 is 0 Å². The van der Waals surface area contributed by atoms with Crippen molar-refractivity contribution in [3.05, 3.63) is 101 Å². The van der Waals surface area contributed by atoms with Crippen LogP contribution in [0.25, 0.3) is 0 Å². The lowest BCUT2D eigenvalue weighted by atomic mass is 10.0. The van der Waals surface area contributed by atoms with Gasteiger partial charge in [-0.3, -0.25) is 9.78 Å². The number of hydrogen-bond donors (Lipinski definition) is 0. The molecule has 0 bridgehead atoms. The number of methoxy groups -OCH3 is 1. The van der Waals surface area contributed by atoms with Gasteiger partial charge in [-0.25, -0.2) is 4.79 Å². The first-order valence-electron chi connectivity index (χ1n) is 8.53. The van der Waals surface area contributed by atoms with Crippen molar-refractivity contribution in [2.24, 2.45) is 0 Å². The topological polar surface area (TPSA) is 59.5 Å². The molecular formula is C22H20N2O3. The molecule has 0 N–H and O–H groups in total. The summed E-state index contributed by atoms with van der Waals surface area (Å²) in [7, 11) is 3.05. The van der Waals surface area contributed by atoms with Gasteiger partial charge in [-0.15, -0.1) is 0 Å². The molecule has 1 amide bonds. The number of carbonyl (C=O) groups is 2. The van der Waals surface area contributed by atoms with Crippen molar-refractivity contribution in [2.45, 2.75) is 6.04 Å². The molecule has 0 unspecified atom stereocenters. The predicted molar refractivity (Wildman–Crippen MR) is 102 cm³/mol. The number of amides is 1. The summed E-state index contributed by atoms with van der Waals surface area (Å²) in [5.41, 5.74) is 2.47. The Labute approximate surface area is 158 Å². The van der Waals surface area contributed by atoms with Crippen LogP contribution in [0, 0.1) is 0 Å². The molecule has 5 nitrogen and oxygen atoms in total. The number of ether oxygens (including phenoxy) is 1. The predicted octanol–water partition coefficient (Wildman–Crippen LogP) is 3.73. The van der Waals surface area contributed by atoms with Gasteiger partial charge in [0, 0.05) is 18.8 Å². The highest BCUT2D eigenvalue weighted by Gasteiger charge is 2.25. The van der Waals surface area contributed by atoms with Crippen LogP contribution in [0.3, 0.4) is 0 Å². The van der Waals surface area contributed by atoms with E-state index in [1.165, 1.54) is 7.11 Å². The van der Waals surface area contributed by atoms with Crippen molar-refractivity contribution >= 4 is 11.9 Å². The van der Waals surface area contributed by atoms with Crippen LogP contribution in [0.15, 0.2) is 79.0 Å². The van der Waals surface area contributed by atoms with Crippen LogP contribution in [0.1, 0.15) is 38.0 Å². The number of carbonyl (C=O) groups excluding carboxylic acids is 2. The number of hydrogen-bond acceptors (Lipinski definition) is 4. The Morgan fingerprint density at radius 2 is 1.63 bits per heavy atom. The second-order valence-corrected chi connectivity index (χ2v) is 6.06. The minimum Gasteiger partial charge on any atom is -0.465 e. The minimum atomic E-state index is -0.475. The Morgan fingerprint density at radius 3 is 2.30 bits per heavy atom. The number of aromatic nitrogens is 1. The lowest BCUT2D eigenvalue weighted by Crippen LogP contribution is -2.32. The average molecular weight is 360 g/mol. The molecule has 3 rings (SSSR count). The largest absolute Gasteiger partial charge is 0.465 e. The fourth-order valence-corrected chi connectivity index (χ4v) is 2.98. The van der Waals surface area contributed by atoms with Crippen molar-refractivity contribution < 1.29 is 14.3 Å². The van der Waals surface area contributed by atoms with Crippen molar-refractivity contribution in [3.8, 4) is 0 Å². The summed E-state index contributed by atoms with van der Waals surface area (Å²) in [5.74, 6) is -0.683. The summed E-state index contributed by atoms with van der Waals surface area (Å²) in [6.45, 7) is 0. The van der Waals surface area contributed by atoms with Gasteiger partial charge in [0.15, 0.2) is 0 Å². The third-order valence-corrected chi connectivity index (χ3v) is 4.32. The second kappa shape index (κ2) is 8.27. The maximum Gasteiger partial charge on any atom is 0.337 e. The molecule has 0 aliphatic carbocycles. The Balaban J connectivity index is 1.98. The van der Waals surface area contributed by atoms with Crippen LogP contribution < -0.4 is 0 Å². The molecule has 0 aliphatic heterocycles. The lowest BCUT2D eigenvalue weighted by molar-refractivity contribution is 0.0600. The quantitative estimate of drug-likeness (QED) is 0.651. The molecule has 1 atom stereocenters. The van der Waals surface area contributed by atoms with Crippen molar-refractivity contribution in [1.82, 2.24) is 9.88 Å². The lowest BCUT2D eigenvalue weighted by Gasteiger charge is -2.28. The van der Waals surface area contributed by atoms with Crippen molar-refractivity contribution in [2.75, 3.05) is 14.2 Å². The summed E-state index contributed by atoms with van der Waals surface area (Å²) >= 11 is 0. The van der Waals surface area contributed by atoms with Gasteiger partial charge in [-0.1, -0.05) is 42.5 Å². The van der Waals surface area contributed by atoms with Gasteiger partial charge < -0.3 is 9.64 Å². The number of benzene rings is 2. The van der Waals surface area contributed by atoms with E-state index < -0.39 is 5.97 Å². The van der Waals surface area contributed by atoms with Gasteiger partial charge in [-0.05, 0) is 35.9 Å². The highest BCUT2D eigenvalue weighted by atomic mass is 16.5. The molecule has 1 heterocycles. The summed E-state index contributed by atoms with van der Waals surface area (Å²) in [4.78, 5) is 31.0. The van der Waals surface area contributed by atoms with Crippen LogP contribution in [0.5, 0.6) is 0 Å². The summed E-state index contributed by atoms with van der Waals surface area (Å²) in [6.07, 6.45) is 1.71. The normalized spacial score (nSPS) is 11.5. The number of esters is 1. The van der Waals surface area contributed by atoms with Gasteiger partial charge in [0.05, 0.1) is 24.4 Å². The fraction of sp³-hybridized carbons (Fsp3) is 0.136. The zero-order chi connectivity index (χ0) is 19.2. The number of rotatable bonds is 5. The monoisotopic (exact) mass is 360 g/mol. The van der Waals surface area contributed by atoms with E-state index in [2.05, 4.69) is 4.98 Å². The summed E-state index contributed by atoms with van der Waals surface area (Å²) < 4.78 is 4.74. The van der Waals surface area contributed by atoms with Gasteiger partial charge in [0.2, 0.25) is 0 Å². The molecule has 136 valence electrons.